The third-order valence-electron chi connectivity index (χ3n) is 11.7. The zero-order chi connectivity index (χ0) is 56.0. The average molecular weight is 1040 g/mol. The fraction of sp³-hybridized carbons (Fsp3) is 0.509. The van der Waals surface area contributed by atoms with Crippen molar-refractivity contribution in [1.29, 1.82) is 0 Å². The molecule has 74 heavy (non-hydrogen) atoms. The second kappa shape index (κ2) is 35.5. The molecule has 2 unspecified atom stereocenters. The lowest BCUT2D eigenvalue weighted by molar-refractivity contribution is 0.0689. The van der Waals surface area contributed by atoms with E-state index in [0.29, 0.717) is 24.4 Å². The molecule has 5 aromatic heterocycles. The number of hydrogen-bond donors (Lipinski definition) is 3. The summed E-state index contributed by atoms with van der Waals surface area (Å²) in [5.41, 5.74) is 14.6. The predicted molar refractivity (Wildman–Crippen MR) is 303 cm³/mol. The van der Waals surface area contributed by atoms with Crippen molar-refractivity contribution in [3.63, 3.8) is 0 Å². The number of rotatable bonds is 20. The number of amides is 1. The van der Waals surface area contributed by atoms with Gasteiger partial charge in [0.15, 0.2) is 5.78 Å². The van der Waals surface area contributed by atoms with Gasteiger partial charge in [0.1, 0.15) is 17.1 Å². The van der Waals surface area contributed by atoms with E-state index in [1.54, 1.807) is 42.5 Å². The SMILES string of the molecule is CCN(C)C(=O)c1ccc(C)cn1.CCN(C)CCC(=O)c1ccc(C)cn1.CCN(C)CCC(N)c1ccc(C)cn1.CCN(C)CCC(N[S@](=O)C(C)(C)C)c1ccc(C)cn1.Cc1ccc(C(=O)O)nc1. The predicted octanol–water partition coefficient (Wildman–Crippen LogP) is 9.04. The summed E-state index contributed by atoms with van der Waals surface area (Å²) < 4.78 is 15.4. The number of pyridine rings is 5. The van der Waals surface area contributed by atoms with E-state index >= 15 is 0 Å². The number of carboxylic acid groups (broad SMARTS) is 1. The van der Waals surface area contributed by atoms with E-state index in [1.165, 1.54) is 17.8 Å². The number of nitrogens with zero attached hydrogens (tertiary/aromatic N) is 9. The summed E-state index contributed by atoms with van der Waals surface area (Å²) in [4.78, 5) is 62.4. The molecule has 0 fully saturated rings. The second-order valence-electron chi connectivity index (χ2n) is 19.4. The lowest BCUT2D eigenvalue weighted by Crippen LogP contribution is -2.37. The monoisotopic (exact) mass is 1040 g/mol. The van der Waals surface area contributed by atoms with Crippen LogP contribution in [0.1, 0.15) is 150 Å². The van der Waals surface area contributed by atoms with Crippen molar-refractivity contribution in [3.05, 3.63) is 148 Å². The molecule has 3 atom stereocenters. The maximum absolute atomic E-state index is 12.4. The van der Waals surface area contributed by atoms with Crippen molar-refractivity contribution >= 4 is 28.6 Å². The van der Waals surface area contributed by atoms with Gasteiger partial charge in [0.05, 0.1) is 33.2 Å². The van der Waals surface area contributed by atoms with Gasteiger partial charge >= 0.3 is 5.97 Å². The highest BCUT2D eigenvalue weighted by Crippen LogP contribution is 2.20. The van der Waals surface area contributed by atoms with Gasteiger partial charge in [0.25, 0.3) is 5.91 Å². The Morgan fingerprint density at radius 1 is 0.568 bits per heavy atom. The van der Waals surface area contributed by atoms with Crippen LogP contribution in [0.15, 0.2) is 91.6 Å². The molecule has 0 aliphatic rings. The topological polar surface area (TPSA) is 204 Å². The Morgan fingerprint density at radius 3 is 1.34 bits per heavy atom. The van der Waals surface area contributed by atoms with Crippen molar-refractivity contribution in [1.82, 2.24) is 49.2 Å². The quantitative estimate of drug-likeness (QED) is 0.0623. The molecule has 0 saturated carbocycles. The number of Topliss-reactive ketones (excluding diaryl/α,β-unsaturated/α-hetero) is 1. The summed E-state index contributed by atoms with van der Waals surface area (Å²) >= 11 is 0. The van der Waals surface area contributed by atoms with Crippen LogP contribution < -0.4 is 10.5 Å². The summed E-state index contributed by atoms with van der Waals surface area (Å²) in [7, 11) is 6.88. The van der Waals surface area contributed by atoms with Gasteiger partial charge in [-0.05, 0) is 187 Å². The van der Waals surface area contributed by atoms with E-state index in [0.717, 1.165) is 85.8 Å². The smallest absolute Gasteiger partial charge is 0.354 e. The maximum Gasteiger partial charge on any atom is 0.354 e. The zero-order valence-electron chi connectivity index (χ0n) is 47.5. The molecule has 5 heterocycles. The molecule has 16 nitrogen and oxygen atoms in total. The van der Waals surface area contributed by atoms with E-state index in [9.17, 15) is 18.6 Å². The van der Waals surface area contributed by atoms with Crippen LogP contribution in [0.3, 0.4) is 0 Å². The molecule has 0 spiro atoms. The lowest BCUT2D eigenvalue weighted by Gasteiger charge is -2.25. The number of carbonyl (C=O) groups is 3. The maximum atomic E-state index is 12.4. The van der Waals surface area contributed by atoms with E-state index in [4.69, 9.17) is 10.8 Å². The van der Waals surface area contributed by atoms with Crippen molar-refractivity contribution in [2.45, 2.75) is 119 Å². The Bertz CT molecular complexity index is 2360. The van der Waals surface area contributed by atoms with Crippen LogP contribution >= 0.6 is 0 Å². The van der Waals surface area contributed by atoms with Gasteiger partial charge < -0.3 is 30.4 Å². The van der Waals surface area contributed by atoms with Crippen molar-refractivity contribution in [2.75, 3.05) is 74.0 Å². The number of hydrogen-bond acceptors (Lipinski definition) is 13. The summed E-state index contributed by atoms with van der Waals surface area (Å²) in [6.45, 7) is 30.6. The van der Waals surface area contributed by atoms with Gasteiger partial charge in [-0.25, -0.2) is 18.7 Å². The molecule has 0 aliphatic heterocycles. The number of carbonyl (C=O) groups excluding carboxylic acids is 2. The zero-order valence-corrected chi connectivity index (χ0v) is 48.3. The number of aromatic nitrogens is 5. The molecule has 0 aromatic carbocycles. The second-order valence-corrected chi connectivity index (χ2v) is 21.4. The summed E-state index contributed by atoms with van der Waals surface area (Å²) in [5.74, 6) is -0.891. The molecule has 0 radical (unpaired) electrons. The number of carboxylic acids is 1. The number of aromatic carboxylic acids is 1. The van der Waals surface area contributed by atoms with E-state index in [1.807, 2.05) is 106 Å². The largest absolute Gasteiger partial charge is 0.477 e. The Labute approximate surface area is 446 Å². The van der Waals surface area contributed by atoms with E-state index < -0.39 is 17.0 Å². The van der Waals surface area contributed by atoms with Crippen LogP contribution in [0.4, 0.5) is 0 Å². The van der Waals surface area contributed by atoms with E-state index in [-0.39, 0.29) is 34.2 Å². The Hall–Kier alpha value is -5.69. The first-order chi connectivity index (χ1) is 34.8. The van der Waals surface area contributed by atoms with Gasteiger partial charge in [-0.2, -0.15) is 0 Å². The minimum Gasteiger partial charge on any atom is -0.477 e. The van der Waals surface area contributed by atoms with Crippen LogP contribution in [0.25, 0.3) is 0 Å². The normalized spacial score (nSPS) is 12.1. The average Bonchev–Trinajstić information content (AvgIpc) is 3.39. The molecule has 0 aliphatic carbocycles. The number of aryl methyl sites for hydroxylation is 5. The van der Waals surface area contributed by atoms with Gasteiger partial charge in [0, 0.05) is 63.6 Å². The fourth-order valence-corrected chi connectivity index (χ4v) is 6.72. The first-order valence-corrected chi connectivity index (χ1v) is 26.6. The Kier molecular flexibility index (Phi) is 31.8. The first-order valence-electron chi connectivity index (χ1n) is 25.5. The van der Waals surface area contributed by atoms with Gasteiger partial charge in [-0.1, -0.05) is 51.1 Å². The molecule has 0 bridgehead atoms. The van der Waals surface area contributed by atoms with Crippen molar-refractivity contribution in [2.24, 2.45) is 5.73 Å². The van der Waals surface area contributed by atoms with Gasteiger partial charge in [-0.15, -0.1) is 0 Å². The van der Waals surface area contributed by atoms with Gasteiger partial charge in [0.2, 0.25) is 0 Å². The van der Waals surface area contributed by atoms with Crippen molar-refractivity contribution in [3.8, 4) is 0 Å². The molecule has 0 saturated heterocycles. The first kappa shape index (κ1) is 66.3. The minimum atomic E-state index is -1.10. The molecule has 4 N–H and O–H groups in total. The summed E-state index contributed by atoms with van der Waals surface area (Å²) in [6, 6.07) is 18.8. The molecule has 5 aromatic rings. The highest BCUT2D eigenvalue weighted by molar-refractivity contribution is 7.84. The fourth-order valence-electron chi connectivity index (χ4n) is 5.87. The van der Waals surface area contributed by atoms with Crippen LogP contribution in [-0.4, -0.2) is 150 Å². The molecule has 408 valence electrons. The van der Waals surface area contributed by atoms with Crippen LogP contribution in [0, 0.1) is 34.6 Å². The number of ketones is 1. The third-order valence-corrected chi connectivity index (χ3v) is 13.3. The van der Waals surface area contributed by atoms with Crippen molar-refractivity contribution < 1.29 is 23.7 Å². The number of nitrogens with one attached hydrogen (secondary N) is 1. The number of nitrogens with two attached hydrogens (primary N) is 1. The molecular weight excluding hydrogens is 951 g/mol. The molecule has 5 rings (SSSR count). The van der Waals surface area contributed by atoms with Crippen LogP contribution in [-0.2, 0) is 11.0 Å². The third kappa shape index (κ3) is 27.6. The van der Waals surface area contributed by atoms with E-state index in [2.05, 4.69) is 91.3 Å². The summed E-state index contributed by atoms with van der Waals surface area (Å²) in [6.07, 6.45) is 11.1. The molecule has 1 amide bonds. The minimum absolute atomic E-state index is 0.0136. The molecule has 17 heteroatoms. The standard InChI is InChI=1S/C16H29N3OS.C12H21N3.C12H18N2O.C10H14N2O.C7H7NO2/c1-7-19(6)11-10-15(18-21(20)16(3,4)5)14-9-8-13(2)12-17-14;1-4-15(3)8-7-11(13)12-6-5-10(2)9-14-12;1-4-14(3)8-7-12(15)11-6-5-10(2)9-13-11;1-4-12(3)10(13)9-6-5-8(2)7-11-9;1-5-2-3-6(7(9)10)8-4-5/h8-9,12,15,18H,7,10-11H2,1-6H3;5-6,9,11H,4,7-8,13H2,1-3H3;5-6,9H,4,7-8H2,1-3H3;5-7H,4H2,1-3H3;2-4H,1H3,(H,9,10)/t15?,21-;;;;/m1..../s1. The Morgan fingerprint density at radius 2 is 0.959 bits per heavy atom. The van der Waals surface area contributed by atoms with Gasteiger partial charge in [-0.3, -0.25) is 29.5 Å². The highest BCUT2D eigenvalue weighted by atomic mass is 32.2. The van der Waals surface area contributed by atoms with Crippen LogP contribution in [0.5, 0.6) is 0 Å². The summed E-state index contributed by atoms with van der Waals surface area (Å²) in [5, 5.41) is 8.41. The Balaban J connectivity index is 0.000000471. The molecular formula is C57H89N11O5S. The van der Waals surface area contributed by atoms with Crippen LogP contribution in [0.2, 0.25) is 0 Å². The highest BCUT2D eigenvalue weighted by Gasteiger charge is 2.24. The lowest BCUT2D eigenvalue weighted by atomic mass is 10.1.